The Morgan fingerprint density at radius 3 is 2.73 bits per heavy atom. The zero-order valence-corrected chi connectivity index (χ0v) is 16.9. The first-order chi connectivity index (χ1) is 14.5. The lowest BCUT2D eigenvalue weighted by molar-refractivity contribution is -0.117. The minimum Gasteiger partial charge on any atom is -0.496 e. The van der Waals surface area contributed by atoms with Gasteiger partial charge in [0.2, 0.25) is 5.91 Å². The fourth-order valence-electron chi connectivity index (χ4n) is 4.14. The molecule has 7 heteroatoms. The van der Waals surface area contributed by atoms with Crippen LogP contribution in [0, 0.1) is 5.92 Å². The first-order valence-electron chi connectivity index (χ1n) is 10.2. The van der Waals surface area contributed by atoms with E-state index in [0.717, 1.165) is 35.1 Å². The Hall–Kier alpha value is -3.35. The number of carboxylic acids is 1. The van der Waals surface area contributed by atoms with Crippen LogP contribution in [0.4, 0.5) is 5.69 Å². The van der Waals surface area contributed by atoms with Gasteiger partial charge in [0.05, 0.1) is 36.6 Å². The molecule has 1 fully saturated rings. The van der Waals surface area contributed by atoms with Crippen molar-refractivity contribution in [2.45, 2.75) is 38.6 Å². The summed E-state index contributed by atoms with van der Waals surface area (Å²) in [5.74, 6) is 0.0717. The van der Waals surface area contributed by atoms with Crippen LogP contribution in [0.25, 0.3) is 11.0 Å². The summed E-state index contributed by atoms with van der Waals surface area (Å²) >= 11 is 0. The molecule has 0 saturated heterocycles. The van der Waals surface area contributed by atoms with Gasteiger partial charge in [0, 0.05) is 17.7 Å². The molecule has 2 N–H and O–H groups in total. The van der Waals surface area contributed by atoms with E-state index in [0.29, 0.717) is 24.6 Å². The normalized spacial score (nSPS) is 14.2. The molecule has 2 aromatic carbocycles. The molecule has 0 spiro atoms. The maximum absolute atomic E-state index is 12.4. The topological polar surface area (TPSA) is 93.4 Å². The molecule has 0 unspecified atom stereocenters. The van der Waals surface area contributed by atoms with Gasteiger partial charge in [0.25, 0.3) is 0 Å². The van der Waals surface area contributed by atoms with E-state index in [1.54, 1.807) is 18.5 Å². The first kappa shape index (κ1) is 19.9. The highest BCUT2D eigenvalue weighted by Crippen LogP contribution is 2.28. The van der Waals surface area contributed by atoms with Gasteiger partial charge in [0.15, 0.2) is 0 Å². The quantitative estimate of drug-likeness (QED) is 0.609. The fraction of sp³-hybridized carbons (Fsp3) is 0.348. The Bertz CT molecular complexity index is 1080. The van der Waals surface area contributed by atoms with Crippen molar-refractivity contribution < 1.29 is 19.4 Å². The lowest BCUT2D eigenvalue weighted by Crippen LogP contribution is -2.15. The van der Waals surface area contributed by atoms with Crippen LogP contribution in [0.5, 0.6) is 5.75 Å². The molecular weight excluding hydrogens is 382 g/mol. The van der Waals surface area contributed by atoms with E-state index in [1.165, 1.54) is 26.0 Å². The molecule has 1 amide bonds. The lowest BCUT2D eigenvalue weighted by Gasteiger charge is -2.12. The van der Waals surface area contributed by atoms with Crippen molar-refractivity contribution in [1.82, 2.24) is 9.55 Å². The number of methoxy groups -OCH3 is 1. The maximum atomic E-state index is 12.4. The molecule has 3 aromatic rings. The van der Waals surface area contributed by atoms with E-state index in [4.69, 9.17) is 4.74 Å². The minimum atomic E-state index is -0.995. The van der Waals surface area contributed by atoms with Gasteiger partial charge < -0.3 is 19.7 Å². The van der Waals surface area contributed by atoms with Gasteiger partial charge in [-0.3, -0.25) is 4.79 Å². The number of imidazole rings is 1. The number of nitrogens with zero attached hydrogens (tertiary/aromatic N) is 2. The number of nitrogens with one attached hydrogen (secondary N) is 1. The number of hydrogen-bond donors (Lipinski definition) is 2. The van der Waals surface area contributed by atoms with Gasteiger partial charge in [0.1, 0.15) is 5.75 Å². The van der Waals surface area contributed by atoms with E-state index in [2.05, 4.69) is 10.3 Å². The molecule has 1 aromatic heterocycles. The fourth-order valence-corrected chi connectivity index (χ4v) is 4.14. The maximum Gasteiger partial charge on any atom is 0.335 e. The first-order valence-corrected chi connectivity index (χ1v) is 10.2. The van der Waals surface area contributed by atoms with Gasteiger partial charge in [-0.05, 0) is 49.1 Å². The monoisotopic (exact) mass is 407 g/mol. The molecule has 1 aliphatic rings. The summed E-state index contributed by atoms with van der Waals surface area (Å²) in [5, 5.41) is 12.2. The Labute approximate surface area is 174 Å². The molecule has 0 bridgehead atoms. The number of benzene rings is 2. The Morgan fingerprint density at radius 1 is 1.20 bits per heavy atom. The van der Waals surface area contributed by atoms with Crippen LogP contribution in [0.3, 0.4) is 0 Å². The number of rotatable bonds is 7. The van der Waals surface area contributed by atoms with Gasteiger partial charge in [-0.15, -0.1) is 0 Å². The Morgan fingerprint density at radius 2 is 2.00 bits per heavy atom. The summed E-state index contributed by atoms with van der Waals surface area (Å²) in [6, 6.07) is 10.5. The summed E-state index contributed by atoms with van der Waals surface area (Å²) < 4.78 is 7.34. The minimum absolute atomic E-state index is 0.0539. The van der Waals surface area contributed by atoms with Crippen LogP contribution in [-0.2, 0) is 11.3 Å². The SMILES string of the molecule is COc1cc(C(=O)O)ccc1Cn1cnc2ccc(NC(=O)CC3CCCC3)cc21. The zero-order valence-electron chi connectivity index (χ0n) is 16.9. The third kappa shape index (κ3) is 4.30. The predicted octanol–water partition coefficient (Wildman–Crippen LogP) is 4.31. The van der Waals surface area contributed by atoms with Crippen molar-refractivity contribution in [2.75, 3.05) is 12.4 Å². The molecule has 7 nitrogen and oxygen atoms in total. The highest BCUT2D eigenvalue weighted by atomic mass is 16.5. The molecular formula is C23H25N3O4. The van der Waals surface area contributed by atoms with Gasteiger partial charge in [-0.1, -0.05) is 18.9 Å². The second-order valence-electron chi connectivity index (χ2n) is 7.81. The van der Waals surface area contributed by atoms with Crippen LogP contribution < -0.4 is 10.1 Å². The van der Waals surface area contributed by atoms with Gasteiger partial charge >= 0.3 is 5.97 Å². The molecule has 0 radical (unpaired) electrons. The summed E-state index contributed by atoms with van der Waals surface area (Å²) in [5.41, 5.74) is 3.49. The van der Waals surface area contributed by atoms with Crippen LogP contribution in [-0.4, -0.2) is 33.6 Å². The predicted molar refractivity (Wildman–Crippen MR) is 114 cm³/mol. The van der Waals surface area contributed by atoms with E-state index < -0.39 is 5.97 Å². The Kier molecular flexibility index (Phi) is 5.70. The smallest absolute Gasteiger partial charge is 0.335 e. The number of aromatic nitrogens is 2. The third-order valence-electron chi connectivity index (χ3n) is 5.73. The highest BCUT2D eigenvalue weighted by molar-refractivity contribution is 5.93. The number of anilines is 1. The van der Waals surface area contributed by atoms with Crippen molar-refractivity contribution in [3.8, 4) is 5.75 Å². The van der Waals surface area contributed by atoms with Gasteiger partial charge in [-0.25, -0.2) is 9.78 Å². The number of ether oxygens (including phenoxy) is 1. The summed E-state index contributed by atoms with van der Waals surface area (Å²) in [4.78, 5) is 28.0. The number of fused-ring (bicyclic) bond motifs is 1. The van der Waals surface area contributed by atoms with Crippen molar-refractivity contribution in [2.24, 2.45) is 5.92 Å². The molecule has 156 valence electrons. The molecule has 1 aliphatic carbocycles. The number of carbonyl (C=O) groups is 2. The van der Waals surface area contributed by atoms with E-state index in [1.807, 2.05) is 22.8 Å². The summed E-state index contributed by atoms with van der Waals surface area (Å²) in [6.45, 7) is 0.471. The van der Waals surface area contributed by atoms with Crippen molar-refractivity contribution in [3.05, 3.63) is 53.9 Å². The third-order valence-corrected chi connectivity index (χ3v) is 5.73. The lowest BCUT2D eigenvalue weighted by atomic mass is 10.0. The van der Waals surface area contributed by atoms with Crippen LogP contribution in [0.1, 0.15) is 48.0 Å². The summed E-state index contributed by atoms with van der Waals surface area (Å²) in [7, 11) is 1.52. The standard InChI is InChI=1S/C23H25N3O4/c1-30-21-11-16(23(28)29)6-7-17(21)13-26-14-24-19-9-8-18(12-20(19)26)25-22(27)10-15-4-2-3-5-15/h6-9,11-12,14-15H,2-5,10,13H2,1H3,(H,25,27)(H,28,29). The van der Waals surface area contributed by atoms with Gasteiger partial charge in [-0.2, -0.15) is 0 Å². The molecule has 1 saturated carbocycles. The molecule has 30 heavy (non-hydrogen) atoms. The number of hydrogen-bond acceptors (Lipinski definition) is 4. The molecule has 1 heterocycles. The zero-order chi connectivity index (χ0) is 21.1. The second-order valence-corrected chi connectivity index (χ2v) is 7.81. The van der Waals surface area contributed by atoms with E-state index >= 15 is 0 Å². The van der Waals surface area contributed by atoms with Crippen LogP contribution in [0.2, 0.25) is 0 Å². The highest BCUT2D eigenvalue weighted by Gasteiger charge is 2.18. The van der Waals surface area contributed by atoms with E-state index in [9.17, 15) is 14.7 Å². The number of aromatic carboxylic acids is 1. The van der Waals surface area contributed by atoms with Crippen molar-refractivity contribution >= 4 is 28.6 Å². The number of carbonyl (C=O) groups excluding carboxylic acids is 1. The second kappa shape index (κ2) is 8.57. The van der Waals surface area contributed by atoms with Crippen LogP contribution >= 0.6 is 0 Å². The van der Waals surface area contributed by atoms with Crippen molar-refractivity contribution in [1.29, 1.82) is 0 Å². The molecule has 4 rings (SSSR count). The Balaban J connectivity index is 1.54. The molecule has 0 aliphatic heterocycles. The van der Waals surface area contributed by atoms with Crippen LogP contribution in [0.15, 0.2) is 42.7 Å². The molecule has 0 atom stereocenters. The largest absolute Gasteiger partial charge is 0.496 e. The van der Waals surface area contributed by atoms with Crippen molar-refractivity contribution in [3.63, 3.8) is 0 Å². The number of carboxylic acid groups (broad SMARTS) is 1. The average Bonchev–Trinajstić information content (AvgIpc) is 3.38. The number of amides is 1. The average molecular weight is 407 g/mol. The van der Waals surface area contributed by atoms with E-state index in [-0.39, 0.29) is 11.5 Å². The summed E-state index contributed by atoms with van der Waals surface area (Å²) in [6.07, 6.45) is 7.03.